The van der Waals surface area contributed by atoms with E-state index in [9.17, 15) is 14.0 Å². The number of anilines is 1. The summed E-state index contributed by atoms with van der Waals surface area (Å²) in [5, 5.41) is 5.18. The minimum atomic E-state index is -0.861. The van der Waals surface area contributed by atoms with Crippen molar-refractivity contribution in [2.75, 3.05) is 11.9 Å². The number of nitrogens with zero attached hydrogens (tertiary/aromatic N) is 1. The standard InChI is InChI=1S/C23H27ClFN5O2/c24-18-8-7-17(13-19(18)25)29-21(31)22(32)30-20-9-6-15(14-4-2-1-3-5-14)12-16(20)10-11-28-23(26)27/h1-5,7-8,13,15-16,20H,6,9-12H2,(H,29,31)(H,30,32)(H4,26,27,28). The second kappa shape index (κ2) is 10.9. The molecule has 6 N–H and O–H groups in total. The first-order valence-corrected chi connectivity index (χ1v) is 10.9. The highest BCUT2D eigenvalue weighted by molar-refractivity contribution is 6.39. The predicted molar refractivity (Wildman–Crippen MR) is 124 cm³/mol. The highest BCUT2D eigenvalue weighted by Crippen LogP contribution is 2.38. The largest absolute Gasteiger partial charge is 0.370 e. The smallest absolute Gasteiger partial charge is 0.313 e. The van der Waals surface area contributed by atoms with Crippen molar-refractivity contribution in [3.63, 3.8) is 0 Å². The van der Waals surface area contributed by atoms with Gasteiger partial charge in [0.15, 0.2) is 5.96 Å². The number of rotatable bonds is 6. The zero-order valence-electron chi connectivity index (χ0n) is 17.6. The third-order valence-electron chi connectivity index (χ3n) is 5.75. The van der Waals surface area contributed by atoms with Gasteiger partial charge in [-0.15, -0.1) is 0 Å². The van der Waals surface area contributed by atoms with Gasteiger partial charge in [0, 0.05) is 18.3 Å². The van der Waals surface area contributed by atoms with E-state index >= 15 is 0 Å². The van der Waals surface area contributed by atoms with Gasteiger partial charge in [-0.1, -0.05) is 41.9 Å². The molecule has 7 nitrogen and oxygen atoms in total. The summed E-state index contributed by atoms with van der Waals surface area (Å²) in [7, 11) is 0. The molecule has 3 unspecified atom stereocenters. The summed E-state index contributed by atoms with van der Waals surface area (Å²) in [6, 6.07) is 13.8. The number of amides is 2. The molecule has 0 aliphatic heterocycles. The molecule has 2 amide bonds. The Hall–Kier alpha value is -3.13. The lowest BCUT2D eigenvalue weighted by atomic mass is 9.74. The van der Waals surface area contributed by atoms with Crippen LogP contribution in [0.2, 0.25) is 5.02 Å². The first-order valence-electron chi connectivity index (χ1n) is 10.5. The molecule has 32 heavy (non-hydrogen) atoms. The molecule has 2 aromatic carbocycles. The highest BCUT2D eigenvalue weighted by Gasteiger charge is 2.33. The van der Waals surface area contributed by atoms with Crippen molar-refractivity contribution in [2.24, 2.45) is 22.4 Å². The van der Waals surface area contributed by atoms with E-state index in [4.69, 9.17) is 23.1 Å². The van der Waals surface area contributed by atoms with Crippen LogP contribution in [0.1, 0.15) is 37.2 Å². The van der Waals surface area contributed by atoms with Crippen LogP contribution >= 0.6 is 11.6 Å². The van der Waals surface area contributed by atoms with Crippen molar-refractivity contribution < 1.29 is 14.0 Å². The number of guanidine groups is 1. The van der Waals surface area contributed by atoms with Crippen LogP contribution in [0.15, 0.2) is 53.5 Å². The Morgan fingerprint density at radius 2 is 1.84 bits per heavy atom. The molecule has 1 aliphatic rings. The zero-order chi connectivity index (χ0) is 23.1. The van der Waals surface area contributed by atoms with Crippen LogP contribution in [-0.2, 0) is 9.59 Å². The minimum Gasteiger partial charge on any atom is -0.370 e. The van der Waals surface area contributed by atoms with E-state index in [1.807, 2.05) is 18.2 Å². The third kappa shape index (κ3) is 6.43. The van der Waals surface area contributed by atoms with Crippen molar-refractivity contribution in [3.8, 4) is 0 Å². The van der Waals surface area contributed by atoms with Gasteiger partial charge >= 0.3 is 11.8 Å². The number of nitrogens with one attached hydrogen (secondary N) is 2. The Labute approximate surface area is 191 Å². The van der Waals surface area contributed by atoms with Crippen LogP contribution in [0, 0.1) is 11.7 Å². The molecule has 0 saturated heterocycles. The average Bonchev–Trinajstić information content (AvgIpc) is 2.77. The molecule has 0 bridgehead atoms. The fraction of sp³-hybridized carbons (Fsp3) is 0.348. The van der Waals surface area contributed by atoms with Crippen LogP contribution < -0.4 is 22.1 Å². The van der Waals surface area contributed by atoms with Crippen LogP contribution in [0.5, 0.6) is 0 Å². The van der Waals surface area contributed by atoms with Crippen LogP contribution in [0.25, 0.3) is 0 Å². The molecule has 1 saturated carbocycles. The fourth-order valence-corrected chi connectivity index (χ4v) is 4.27. The van der Waals surface area contributed by atoms with Crippen molar-refractivity contribution in [1.82, 2.24) is 5.32 Å². The number of nitrogens with two attached hydrogens (primary N) is 2. The van der Waals surface area contributed by atoms with Crippen molar-refractivity contribution >= 4 is 35.1 Å². The lowest BCUT2D eigenvalue weighted by molar-refractivity contribution is -0.137. The molecule has 3 rings (SSSR count). The molecular formula is C23H27ClFN5O2. The first kappa shape index (κ1) is 23.5. The van der Waals surface area contributed by atoms with Gasteiger partial charge < -0.3 is 22.1 Å². The Morgan fingerprint density at radius 1 is 1.09 bits per heavy atom. The monoisotopic (exact) mass is 459 g/mol. The van der Waals surface area contributed by atoms with Crippen molar-refractivity contribution in [3.05, 3.63) is 64.9 Å². The maximum absolute atomic E-state index is 13.6. The van der Waals surface area contributed by atoms with Gasteiger partial charge in [-0.05, 0) is 61.3 Å². The molecule has 9 heteroatoms. The van der Waals surface area contributed by atoms with Gasteiger partial charge in [-0.3, -0.25) is 14.6 Å². The van der Waals surface area contributed by atoms with Crippen molar-refractivity contribution in [2.45, 2.75) is 37.6 Å². The number of aliphatic imine (C=N–C) groups is 1. The van der Waals surface area contributed by atoms with Gasteiger partial charge in [-0.2, -0.15) is 0 Å². The van der Waals surface area contributed by atoms with E-state index in [1.54, 1.807) is 0 Å². The average molecular weight is 460 g/mol. The maximum Gasteiger partial charge on any atom is 0.313 e. The number of hydrogen-bond acceptors (Lipinski definition) is 3. The molecule has 0 aromatic heterocycles. The molecule has 1 fully saturated rings. The molecule has 0 heterocycles. The lowest BCUT2D eigenvalue weighted by Crippen LogP contribution is -2.47. The topological polar surface area (TPSA) is 123 Å². The number of hydrogen-bond donors (Lipinski definition) is 4. The lowest BCUT2D eigenvalue weighted by Gasteiger charge is -2.36. The maximum atomic E-state index is 13.6. The van der Waals surface area contributed by atoms with Crippen LogP contribution in [0.4, 0.5) is 10.1 Å². The SMILES string of the molecule is NC(N)=NCCC1CC(c2ccccc2)CCC1NC(=O)C(=O)Nc1ccc(Cl)c(F)c1. The number of carbonyl (C=O) groups is 2. The normalized spacial score (nSPS) is 20.2. The van der Waals surface area contributed by atoms with Crippen LogP contribution in [-0.4, -0.2) is 30.4 Å². The van der Waals surface area contributed by atoms with Gasteiger partial charge in [0.1, 0.15) is 5.82 Å². The van der Waals surface area contributed by atoms with E-state index in [1.165, 1.54) is 17.7 Å². The van der Waals surface area contributed by atoms with E-state index in [0.717, 1.165) is 25.3 Å². The van der Waals surface area contributed by atoms with Gasteiger partial charge in [0.05, 0.1) is 5.02 Å². The summed E-state index contributed by atoms with van der Waals surface area (Å²) >= 11 is 5.65. The Balaban J connectivity index is 1.65. The van der Waals surface area contributed by atoms with E-state index in [0.29, 0.717) is 18.9 Å². The Kier molecular flexibility index (Phi) is 8.05. The number of carbonyl (C=O) groups excluding carboxylic acids is 2. The summed E-state index contributed by atoms with van der Waals surface area (Å²) < 4.78 is 13.6. The van der Waals surface area contributed by atoms with Gasteiger partial charge in [0.25, 0.3) is 0 Å². The second-order valence-corrected chi connectivity index (χ2v) is 8.35. The second-order valence-electron chi connectivity index (χ2n) is 7.94. The van der Waals surface area contributed by atoms with Gasteiger partial charge in [-0.25, -0.2) is 4.39 Å². The molecular weight excluding hydrogens is 433 g/mol. The fourth-order valence-electron chi connectivity index (χ4n) is 4.16. The van der Waals surface area contributed by atoms with E-state index in [-0.39, 0.29) is 28.6 Å². The summed E-state index contributed by atoms with van der Waals surface area (Å²) in [4.78, 5) is 29.0. The Morgan fingerprint density at radius 3 is 2.53 bits per heavy atom. The summed E-state index contributed by atoms with van der Waals surface area (Å²) in [5.41, 5.74) is 12.3. The summed E-state index contributed by atoms with van der Waals surface area (Å²) in [5.74, 6) is -1.82. The van der Waals surface area contributed by atoms with E-state index in [2.05, 4.69) is 27.8 Å². The van der Waals surface area contributed by atoms with Gasteiger partial charge in [0.2, 0.25) is 0 Å². The molecule has 0 radical (unpaired) electrons. The highest BCUT2D eigenvalue weighted by atomic mass is 35.5. The van der Waals surface area contributed by atoms with E-state index < -0.39 is 17.6 Å². The molecule has 0 spiro atoms. The molecule has 1 aliphatic carbocycles. The van der Waals surface area contributed by atoms with Crippen molar-refractivity contribution in [1.29, 1.82) is 0 Å². The number of benzene rings is 2. The quantitative estimate of drug-likeness (QED) is 0.301. The number of halogens is 2. The molecule has 2 aromatic rings. The van der Waals surface area contributed by atoms with Crippen LogP contribution in [0.3, 0.4) is 0 Å². The summed E-state index contributed by atoms with van der Waals surface area (Å²) in [6.07, 6.45) is 3.13. The first-order chi connectivity index (χ1) is 15.3. The zero-order valence-corrected chi connectivity index (χ0v) is 18.3. The summed E-state index contributed by atoms with van der Waals surface area (Å²) in [6.45, 7) is 0.442. The Bertz CT molecular complexity index is 982. The third-order valence-corrected chi connectivity index (χ3v) is 6.05. The molecule has 170 valence electrons. The predicted octanol–water partition coefficient (Wildman–Crippen LogP) is 3.15. The minimum absolute atomic E-state index is 0.0237. The molecule has 3 atom stereocenters.